The predicted octanol–water partition coefficient (Wildman–Crippen LogP) is 6.36. The van der Waals surface area contributed by atoms with Crippen molar-refractivity contribution in [2.75, 3.05) is 16.8 Å². The average Bonchev–Trinajstić information content (AvgIpc) is 3.19. The third-order valence-electron chi connectivity index (χ3n) is 6.34. The van der Waals surface area contributed by atoms with Crippen LogP contribution >= 0.6 is 11.6 Å². The molecule has 0 bridgehead atoms. The van der Waals surface area contributed by atoms with Crippen molar-refractivity contribution in [1.29, 1.82) is 0 Å². The van der Waals surface area contributed by atoms with E-state index < -0.39 is 11.7 Å². The standard InChI is InChI=1S/C28H22ClFN2O2/c1-17-9-10-21(30)14-24(17)27(33)31-22-11-12-23(25(29)15-22)28(34)32-16-20-7-4-6-18(20)13-19-5-2-3-8-26(19)32/h2-12,14-15,18H,13,16H2,1H3,(H,31,33). The Morgan fingerprint density at radius 1 is 1.06 bits per heavy atom. The molecule has 0 saturated heterocycles. The Balaban J connectivity index is 1.42. The van der Waals surface area contributed by atoms with Gasteiger partial charge in [0.05, 0.1) is 10.6 Å². The zero-order chi connectivity index (χ0) is 23.8. The molecule has 0 aromatic heterocycles. The highest BCUT2D eigenvalue weighted by Crippen LogP contribution is 2.36. The molecule has 1 N–H and O–H groups in total. The molecule has 170 valence electrons. The number of hydrogen-bond donors (Lipinski definition) is 1. The Kier molecular flexibility index (Phi) is 5.80. The third-order valence-corrected chi connectivity index (χ3v) is 6.65. The van der Waals surface area contributed by atoms with Crippen molar-refractivity contribution in [1.82, 2.24) is 0 Å². The number of halogens is 2. The molecule has 1 heterocycles. The Hall–Kier alpha value is -3.70. The minimum atomic E-state index is -0.484. The monoisotopic (exact) mass is 472 g/mol. The van der Waals surface area contributed by atoms with E-state index >= 15 is 0 Å². The van der Waals surface area contributed by atoms with E-state index in [-0.39, 0.29) is 16.5 Å². The van der Waals surface area contributed by atoms with Crippen LogP contribution in [0.4, 0.5) is 15.8 Å². The smallest absolute Gasteiger partial charge is 0.260 e. The molecule has 34 heavy (non-hydrogen) atoms. The van der Waals surface area contributed by atoms with Crippen LogP contribution in [0.2, 0.25) is 5.02 Å². The van der Waals surface area contributed by atoms with Gasteiger partial charge in [-0.05, 0) is 66.4 Å². The van der Waals surface area contributed by atoms with Crippen LogP contribution in [-0.2, 0) is 6.42 Å². The fourth-order valence-electron chi connectivity index (χ4n) is 4.51. The van der Waals surface area contributed by atoms with Gasteiger partial charge < -0.3 is 10.2 Å². The lowest BCUT2D eigenvalue weighted by molar-refractivity contribution is 0.0988. The second-order valence-corrected chi connectivity index (χ2v) is 8.97. The molecule has 2 aliphatic rings. The summed E-state index contributed by atoms with van der Waals surface area (Å²) in [4.78, 5) is 28.0. The van der Waals surface area contributed by atoms with Crippen molar-refractivity contribution < 1.29 is 14.0 Å². The average molecular weight is 473 g/mol. The molecular weight excluding hydrogens is 451 g/mol. The van der Waals surface area contributed by atoms with Crippen molar-refractivity contribution in [2.24, 2.45) is 5.92 Å². The molecule has 0 spiro atoms. The highest BCUT2D eigenvalue weighted by atomic mass is 35.5. The summed E-state index contributed by atoms with van der Waals surface area (Å²) in [5, 5.41) is 2.97. The van der Waals surface area contributed by atoms with Gasteiger partial charge >= 0.3 is 0 Å². The lowest BCUT2D eigenvalue weighted by Crippen LogP contribution is -2.33. The second kappa shape index (κ2) is 8.92. The van der Waals surface area contributed by atoms with Crippen LogP contribution in [0.3, 0.4) is 0 Å². The van der Waals surface area contributed by atoms with E-state index in [9.17, 15) is 14.0 Å². The number of carbonyl (C=O) groups excluding carboxylic acids is 2. The summed E-state index contributed by atoms with van der Waals surface area (Å²) in [6.45, 7) is 2.23. The fraction of sp³-hybridized carbons (Fsp3) is 0.143. The fourth-order valence-corrected chi connectivity index (χ4v) is 4.77. The van der Waals surface area contributed by atoms with E-state index in [0.29, 0.717) is 29.3 Å². The highest BCUT2D eigenvalue weighted by Gasteiger charge is 2.30. The third kappa shape index (κ3) is 4.15. The van der Waals surface area contributed by atoms with Crippen molar-refractivity contribution in [2.45, 2.75) is 13.3 Å². The highest BCUT2D eigenvalue weighted by molar-refractivity contribution is 6.35. The zero-order valence-electron chi connectivity index (χ0n) is 18.5. The van der Waals surface area contributed by atoms with Crippen LogP contribution < -0.4 is 10.2 Å². The van der Waals surface area contributed by atoms with Crippen LogP contribution in [0.1, 0.15) is 31.8 Å². The van der Waals surface area contributed by atoms with Gasteiger partial charge in [-0.3, -0.25) is 9.59 Å². The normalized spacial score (nSPS) is 16.4. The molecule has 1 atom stereocenters. The zero-order valence-corrected chi connectivity index (χ0v) is 19.3. The molecule has 2 amide bonds. The summed E-state index contributed by atoms with van der Waals surface area (Å²) in [5.41, 5.74) is 4.86. The summed E-state index contributed by atoms with van der Waals surface area (Å²) in [6, 6.07) is 16.8. The van der Waals surface area contributed by atoms with Crippen LogP contribution in [0, 0.1) is 18.7 Å². The number of fused-ring (bicyclic) bond motifs is 2. The van der Waals surface area contributed by atoms with Gasteiger partial charge in [-0.2, -0.15) is 0 Å². The summed E-state index contributed by atoms with van der Waals surface area (Å²) in [6.07, 6.45) is 7.14. The molecule has 1 aliphatic heterocycles. The van der Waals surface area contributed by atoms with Crippen LogP contribution in [0.25, 0.3) is 0 Å². The largest absolute Gasteiger partial charge is 0.322 e. The second-order valence-electron chi connectivity index (χ2n) is 8.57. The Morgan fingerprint density at radius 3 is 2.71 bits per heavy atom. The number of para-hydroxylation sites is 1. The summed E-state index contributed by atoms with van der Waals surface area (Å²) >= 11 is 6.52. The van der Waals surface area contributed by atoms with Crippen molar-refractivity contribution in [3.63, 3.8) is 0 Å². The molecule has 1 aliphatic carbocycles. The van der Waals surface area contributed by atoms with Crippen molar-refractivity contribution in [3.05, 3.63) is 118 Å². The number of carbonyl (C=O) groups is 2. The first-order valence-electron chi connectivity index (χ1n) is 11.0. The summed E-state index contributed by atoms with van der Waals surface area (Å²) in [7, 11) is 0. The first-order chi connectivity index (χ1) is 16.4. The van der Waals surface area contributed by atoms with Crippen molar-refractivity contribution in [3.8, 4) is 0 Å². The summed E-state index contributed by atoms with van der Waals surface area (Å²) < 4.78 is 13.6. The first-order valence-corrected chi connectivity index (χ1v) is 11.4. The lowest BCUT2D eigenvalue weighted by atomic mass is 9.96. The van der Waals surface area contributed by atoms with E-state index in [1.807, 2.05) is 24.3 Å². The predicted molar refractivity (Wildman–Crippen MR) is 133 cm³/mol. The SMILES string of the molecule is Cc1ccc(F)cc1C(=O)Nc1ccc(C(=O)N2CC3=CC=CC3Cc3ccccc32)c(Cl)c1. The van der Waals surface area contributed by atoms with Crippen LogP contribution in [0.15, 0.2) is 84.5 Å². The Morgan fingerprint density at radius 2 is 1.88 bits per heavy atom. The van der Waals surface area contributed by atoms with Gasteiger partial charge in [-0.25, -0.2) is 4.39 Å². The first kappa shape index (κ1) is 22.1. The van der Waals surface area contributed by atoms with E-state index in [4.69, 9.17) is 11.6 Å². The number of allylic oxidation sites excluding steroid dienone is 3. The lowest BCUT2D eigenvalue weighted by Gasteiger charge is -2.24. The molecule has 4 nitrogen and oxygen atoms in total. The number of benzene rings is 3. The van der Waals surface area contributed by atoms with E-state index in [1.54, 1.807) is 36.1 Å². The number of nitrogens with one attached hydrogen (secondary N) is 1. The number of hydrogen-bond acceptors (Lipinski definition) is 2. The van der Waals surface area contributed by atoms with E-state index in [0.717, 1.165) is 17.7 Å². The van der Waals surface area contributed by atoms with Gasteiger partial charge in [0.2, 0.25) is 0 Å². The minimum absolute atomic E-state index is 0.204. The van der Waals surface area contributed by atoms with Gasteiger partial charge in [0.1, 0.15) is 5.82 Å². The number of amides is 2. The number of nitrogens with zero attached hydrogens (tertiary/aromatic N) is 1. The van der Waals surface area contributed by atoms with E-state index in [1.165, 1.54) is 17.7 Å². The number of aryl methyl sites for hydroxylation is 1. The molecule has 5 rings (SSSR count). The quantitative estimate of drug-likeness (QED) is 0.482. The topological polar surface area (TPSA) is 49.4 Å². The molecule has 1 unspecified atom stereocenters. The van der Waals surface area contributed by atoms with Gasteiger partial charge in [-0.15, -0.1) is 0 Å². The van der Waals surface area contributed by atoms with Crippen LogP contribution in [0.5, 0.6) is 0 Å². The minimum Gasteiger partial charge on any atom is -0.322 e. The van der Waals surface area contributed by atoms with Crippen LogP contribution in [-0.4, -0.2) is 18.4 Å². The van der Waals surface area contributed by atoms with Gasteiger partial charge in [0.15, 0.2) is 0 Å². The number of rotatable bonds is 3. The molecule has 3 aromatic rings. The number of anilines is 2. The molecule has 0 saturated carbocycles. The Labute approximate surface area is 202 Å². The van der Waals surface area contributed by atoms with Gasteiger partial charge in [0.25, 0.3) is 11.8 Å². The molecule has 6 heteroatoms. The van der Waals surface area contributed by atoms with Gasteiger partial charge in [-0.1, -0.05) is 54.1 Å². The maximum atomic E-state index is 13.6. The molecular formula is C28H22ClFN2O2. The maximum Gasteiger partial charge on any atom is 0.260 e. The van der Waals surface area contributed by atoms with Gasteiger partial charge in [0, 0.05) is 29.4 Å². The summed E-state index contributed by atoms with van der Waals surface area (Å²) in [5.74, 6) is -0.842. The molecule has 0 fully saturated rings. The maximum absolute atomic E-state index is 13.6. The van der Waals surface area contributed by atoms with E-state index in [2.05, 4.69) is 23.5 Å². The Bertz CT molecular complexity index is 1380. The molecule has 3 aromatic carbocycles. The molecule has 0 radical (unpaired) electrons. The van der Waals surface area contributed by atoms with Crippen molar-refractivity contribution >= 4 is 34.8 Å².